The monoisotopic (exact) mass is 229 g/mol. The molecule has 0 bridgehead atoms. The van der Waals surface area contributed by atoms with Crippen molar-refractivity contribution in [1.29, 1.82) is 0 Å². The third kappa shape index (κ3) is 4.49. The highest BCUT2D eigenvalue weighted by molar-refractivity contribution is 5.67. The van der Waals surface area contributed by atoms with Crippen LogP contribution in [0, 0.1) is 5.92 Å². The molecule has 1 heterocycles. The van der Waals surface area contributed by atoms with Crippen LogP contribution in [0.1, 0.15) is 33.1 Å². The number of nitrogens with zero attached hydrogens (tertiary/aromatic N) is 1. The average Bonchev–Trinajstić information content (AvgIpc) is 2.26. The normalized spacial score (nSPS) is 19.9. The van der Waals surface area contributed by atoms with Gasteiger partial charge in [0.2, 0.25) is 0 Å². The highest BCUT2D eigenvalue weighted by Crippen LogP contribution is 2.18. The second-order valence-electron chi connectivity index (χ2n) is 4.59. The van der Waals surface area contributed by atoms with E-state index in [1.807, 2.05) is 6.92 Å². The Labute approximate surface area is 97.6 Å². The van der Waals surface area contributed by atoms with Crippen LogP contribution in [0.2, 0.25) is 0 Å². The first-order valence-electron chi connectivity index (χ1n) is 6.17. The topological polar surface area (TPSA) is 49.8 Å². The molecule has 1 N–H and O–H groups in total. The molecule has 1 atom stereocenters. The number of carbonyl (C=O) groups is 1. The van der Waals surface area contributed by atoms with Gasteiger partial charge in [0.15, 0.2) is 0 Å². The quantitative estimate of drug-likeness (QED) is 0.751. The molecule has 1 fully saturated rings. The molecule has 1 rings (SSSR count). The molecule has 1 unspecified atom stereocenters. The van der Waals surface area contributed by atoms with Crippen LogP contribution in [0.25, 0.3) is 0 Å². The molecular formula is C12H23NO3. The van der Waals surface area contributed by atoms with Crippen molar-refractivity contribution in [2.24, 2.45) is 5.92 Å². The van der Waals surface area contributed by atoms with Gasteiger partial charge in [-0.25, -0.2) is 0 Å². The smallest absolute Gasteiger partial charge is 0.304 e. The van der Waals surface area contributed by atoms with Crippen molar-refractivity contribution in [3.8, 4) is 0 Å². The largest absolute Gasteiger partial charge is 0.481 e. The van der Waals surface area contributed by atoms with E-state index in [9.17, 15) is 4.79 Å². The van der Waals surface area contributed by atoms with Crippen molar-refractivity contribution in [3.05, 3.63) is 0 Å². The van der Waals surface area contributed by atoms with E-state index in [0.717, 1.165) is 39.1 Å². The minimum atomic E-state index is -0.710. The molecule has 0 aliphatic carbocycles. The van der Waals surface area contributed by atoms with Crippen LogP contribution in [0.15, 0.2) is 0 Å². The lowest BCUT2D eigenvalue weighted by atomic mass is 9.98. The second kappa shape index (κ2) is 6.86. The molecule has 1 aliphatic heterocycles. The minimum absolute atomic E-state index is 0.130. The third-order valence-corrected chi connectivity index (χ3v) is 3.33. The minimum Gasteiger partial charge on any atom is -0.481 e. The zero-order chi connectivity index (χ0) is 12.0. The van der Waals surface area contributed by atoms with Crippen molar-refractivity contribution in [3.63, 3.8) is 0 Å². The Balaban J connectivity index is 2.37. The molecule has 0 radical (unpaired) electrons. The first-order chi connectivity index (χ1) is 7.63. The third-order valence-electron chi connectivity index (χ3n) is 3.33. The molecule has 16 heavy (non-hydrogen) atoms. The summed E-state index contributed by atoms with van der Waals surface area (Å²) in [5, 5.41) is 8.79. The number of ether oxygens (including phenoxy) is 1. The summed E-state index contributed by atoms with van der Waals surface area (Å²) in [4.78, 5) is 12.9. The summed E-state index contributed by atoms with van der Waals surface area (Å²) in [6.07, 6.45) is 2.45. The Morgan fingerprint density at radius 1 is 1.50 bits per heavy atom. The lowest BCUT2D eigenvalue weighted by Gasteiger charge is -2.32. The fourth-order valence-electron chi connectivity index (χ4n) is 2.26. The Morgan fingerprint density at radius 2 is 2.12 bits per heavy atom. The van der Waals surface area contributed by atoms with Gasteiger partial charge in [0.1, 0.15) is 0 Å². The van der Waals surface area contributed by atoms with E-state index in [-0.39, 0.29) is 12.5 Å². The standard InChI is InChI=1S/C12H23NO3/c1-3-13(10(2)8-12(14)15)9-11-4-6-16-7-5-11/h10-11H,3-9H2,1-2H3,(H,14,15). The first kappa shape index (κ1) is 13.5. The fraction of sp³-hybridized carbons (Fsp3) is 0.917. The van der Waals surface area contributed by atoms with E-state index in [2.05, 4.69) is 11.8 Å². The fourth-order valence-corrected chi connectivity index (χ4v) is 2.26. The number of carboxylic acids is 1. The highest BCUT2D eigenvalue weighted by Gasteiger charge is 2.21. The van der Waals surface area contributed by atoms with Crippen LogP contribution >= 0.6 is 0 Å². The molecule has 0 spiro atoms. The van der Waals surface area contributed by atoms with E-state index >= 15 is 0 Å². The van der Waals surface area contributed by atoms with Crippen LogP contribution < -0.4 is 0 Å². The van der Waals surface area contributed by atoms with Crippen LogP contribution in [-0.4, -0.2) is 48.3 Å². The summed E-state index contributed by atoms with van der Waals surface area (Å²) in [6.45, 7) is 7.74. The summed E-state index contributed by atoms with van der Waals surface area (Å²) < 4.78 is 5.33. The average molecular weight is 229 g/mol. The van der Waals surface area contributed by atoms with Gasteiger partial charge in [0, 0.05) is 25.8 Å². The lowest BCUT2D eigenvalue weighted by molar-refractivity contribution is -0.138. The number of rotatable bonds is 6. The summed E-state index contributed by atoms with van der Waals surface area (Å²) in [5.41, 5.74) is 0. The molecule has 0 aromatic rings. The van der Waals surface area contributed by atoms with Gasteiger partial charge in [-0.3, -0.25) is 4.79 Å². The van der Waals surface area contributed by atoms with Crippen molar-refractivity contribution >= 4 is 5.97 Å². The Bertz CT molecular complexity index is 214. The summed E-state index contributed by atoms with van der Waals surface area (Å²) >= 11 is 0. The second-order valence-corrected chi connectivity index (χ2v) is 4.59. The Hall–Kier alpha value is -0.610. The highest BCUT2D eigenvalue weighted by atomic mass is 16.5. The summed E-state index contributed by atoms with van der Waals surface area (Å²) in [7, 11) is 0. The molecule has 0 aromatic heterocycles. The van der Waals surface area contributed by atoms with E-state index < -0.39 is 5.97 Å². The maximum atomic E-state index is 10.7. The van der Waals surface area contributed by atoms with Crippen molar-refractivity contribution in [2.75, 3.05) is 26.3 Å². The molecular weight excluding hydrogens is 206 g/mol. The van der Waals surface area contributed by atoms with Crippen LogP contribution in [-0.2, 0) is 9.53 Å². The van der Waals surface area contributed by atoms with Gasteiger partial charge in [0.05, 0.1) is 6.42 Å². The predicted molar refractivity (Wildman–Crippen MR) is 62.5 cm³/mol. The Morgan fingerprint density at radius 3 is 2.62 bits per heavy atom. The van der Waals surface area contributed by atoms with Crippen molar-refractivity contribution in [2.45, 2.75) is 39.2 Å². The molecule has 4 heteroatoms. The predicted octanol–water partition coefficient (Wildman–Crippen LogP) is 1.60. The van der Waals surface area contributed by atoms with Gasteiger partial charge in [-0.15, -0.1) is 0 Å². The molecule has 1 saturated heterocycles. The van der Waals surface area contributed by atoms with Crippen molar-refractivity contribution < 1.29 is 14.6 Å². The Kier molecular flexibility index (Phi) is 5.77. The zero-order valence-corrected chi connectivity index (χ0v) is 10.3. The zero-order valence-electron chi connectivity index (χ0n) is 10.3. The van der Waals surface area contributed by atoms with Crippen LogP contribution in [0.3, 0.4) is 0 Å². The lowest BCUT2D eigenvalue weighted by Crippen LogP contribution is -2.39. The molecule has 0 aromatic carbocycles. The summed E-state index contributed by atoms with van der Waals surface area (Å²) in [5.74, 6) is -0.0390. The SMILES string of the molecule is CCN(CC1CCOCC1)C(C)CC(=O)O. The van der Waals surface area contributed by atoms with E-state index in [0.29, 0.717) is 5.92 Å². The van der Waals surface area contributed by atoms with Gasteiger partial charge in [-0.1, -0.05) is 6.92 Å². The molecule has 94 valence electrons. The maximum absolute atomic E-state index is 10.7. The molecule has 4 nitrogen and oxygen atoms in total. The molecule has 0 amide bonds. The van der Waals surface area contributed by atoms with Gasteiger partial charge in [-0.2, -0.15) is 0 Å². The molecule has 1 aliphatic rings. The maximum Gasteiger partial charge on any atom is 0.304 e. The van der Waals surface area contributed by atoms with Crippen LogP contribution in [0.4, 0.5) is 0 Å². The number of hydrogen-bond donors (Lipinski definition) is 1. The van der Waals surface area contributed by atoms with Gasteiger partial charge >= 0.3 is 5.97 Å². The van der Waals surface area contributed by atoms with E-state index in [1.165, 1.54) is 0 Å². The van der Waals surface area contributed by atoms with E-state index in [1.54, 1.807) is 0 Å². The number of carboxylic acid groups (broad SMARTS) is 1. The van der Waals surface area contributed by atoms with Gasteiger partial charge in [0.25, 0.3) is 0 Å². The van der Waals surface area contributed by atoms with Crippen LogP contribution in [0.5, 0.6) is 0 Å². The molecule has 0 saturated carbocycles. The number of hydrogen-bond acceptors (Lipinski definition) is 3. The van der Waals surface area contributed by atoms with Gasteiger partial charge < -0.3 is 14.7 Å². The first-order valence-corrected chi connectivity index (χ1v) is 6.17. The van der Waals surface area contributed by atoms with Crippen molar-refractivity contribution in [1.82, 2.24) is 4.90 Å². The van der Waals surface area contributed by atoms with E-state index in [4.69, 9.17) is 9.84 Å². The summed E-state index contributed by atoms with van der Waals surface area (Å²) in [6, 6.07) is 0.130. The van der Waals surface area contributed by atoms with Gasteiger partial charge in [-0.05, 0) is 32.2 Å². The number of aliphatic carboxylic acids is 1.